The molecule has 1 heterocycles. The standard InChI is InChI=1S/C21H30N2O4/c1-16(2)18-7-5-17(6-8-18)15-20(25)23-12-4-11-22(13-14-23)19(24)9-10-21(26)27-3/h5-8,16H,4,9-15H2,1-3H3. The Hall–Kier alpha value is -2.37. The fourth-order valence-corrected chi connectivity index (χ4v) is 3.19. The molecule has 0 spiro atoms. The number of carbonyl (C=O) groups excluding carboxylic acids is 3. The van der Waals surface area contributed by atoms with E-state index in [9.17, 15) is 14.4 Å². The van der Waals surface area contributed by atoms with Crippen LogP contribution in [0.1, 0.15) is 50.2 Å². The Bertz CT molecular complexity index is 655. The third-order valence-electron chi connectivity index (χ3n) is 4.97. The highest BCUT2D eigenvalue weighted by Gasteiger charge is 2.22. The van der Waals surface area contributed by atoms with Crippen molar-refractivity contribution in [3.05, 3.63) is 35.4 Å². The van der Waals surface area contributed by atoms with E-state index < -0.39 is 0 Å². The first-order valence-corrected chi connectivity index (χ1v) is 9.62. The van der Waals surface area contributed by atoms with E-state index in [1.807, 2.05) is 17.0 Å². The van der Waals surface area contributed by atoms with E-state index in [0.29, 0.717) is 38.5 Å². The maximum atomic E-state index is 12.6. The van der Waals surface area contributed by atoms with Gasteiger partial charge in [-0.3, -0.25) is 14.4 Å². The van der Waals surface area contributed by atoms with Crippen LogP contribution in [-0.2, 0) is 25.5 Å². The fraction of sp³-hybridized carbons (Fsp3) is 0.571. The molecular weight excluding hydrogens is 344 g/mol. The Morgan fingerprint density at radius 1 is 0.926 bits per heavy atom. The van der Waals surface area contributed by atoms with Gasteiger partial charge in [-0.25, -0.2) is 0 Å². The van der Waals surface area contributed by atoms with Gasteiger partial charge in [0.15, 0.2) is 0 Å². The zero-order chi connectivity index (χ0) is 19.8. The van der Waals surface area contributed by atoms with Gasteiger partial charge in [0, 0.05) is 32.6 Å². The second-order valence-electron chi connectivity index (χ2n) is 7.26. The number of nitrogens with zero attached hydrogens (tertiary/aromatic N) is 2. The maximum absolute atomic E-state index is 12.6. The Morgan fingerprint density at radius 3 is 2.07 bits per heavy atom. The van der Waals surface area contributed by atoms with Crippen LogP contribution in [0.15, 0.2) is 24.3 Å². The molecule has 0 aliphatic carbocycles. The zero-order valence-corrected chi connectivity index (χ0v) is 16.6. The van der Waals surface area contributed by atoms with Gasteiger partial charge in [0.1, 0.15) is 0 Å². The van der Waals surface area contributed by atoms with Crippen molar-refractivity contribution in [2.45, 2.75) is 45.4 Å². The summed E-state index contributed by atoms with van der Waals surface area (Å²) in [5.41, 5.74) is 2.28. The number of carbonyl (C=O) groups is 3. The first-order chi connectivity index (χ1) is 12.9. The molecule has 1 saturated heterocycles. The summed E-state index contributed by atoms with van der Waals surface area (Å²) >= 11 is 0. The van der Waals surface area contributed by atoms with Crippen LogP contribution in [0.3, 0.4) is 0 Å². The van der Waals surface area contributed by atoms with Crippen LogP contribution < -0.4 is 0 Å². The van der Waals surface area contributed by atoms with E-state index in [1.54, 1.807) is 4.90 Å². The van der Waals surface area contributed by atoms with Crippen molar-refractivity contribution in [3.8, 4) is 0 Å². The molecule has 1 aliphatic rings. The van der Waals surface area contributed by atoms with E-state index in [4.69, 9.17) is 0 Å². The first-order valence-electron chi connectivity index (χ1n) is 9.62. The molecule has 6 heteroatoms. The quantitative estimate of drug-likeness (QED) is 0.717. The lowest BCUT2D eigenvalue weighted by atomic mass is 10.0. The highest BCUT2D eigenvalue weighted by atomic mass is 16.5. The molecule has 0 atom stereocenters. The number of hydrogen-bond donors (Lipinski definition) is 0. The topological polar surface area (TPSA) is 66.9 Å². The highest BCUT2D eigenvalue weighted by molar-refractivity contribution is 5.82. The number of rotatable bonds is 6. The van der Waals surface area contributed by atoms with Crippen molar-refractivity contribution in [3.63, 3.8) is 0 Å². The molecule has 2 rings (SSSR count). The maximum Gasteiger partial charge on any atom is 0.306 e. The normalized spacial score (nSPS) is 14.8. The Balaban J connectivity index is 1.84. The second kappa shape index (κ2) is 10.1. The van der Waals surface area contributed by atoms with E-state index in [2.05, 4.69) is 30.7 Å². The number of hydrogen-bond acceptors (Lipinski definition) is 4. The van der Waals surface area contributed by atoms with Crippen LogP contribution in [-0.4, -0.2) is 60.9 Å². The molecule has 0 radical (unpaired) electrons. The Labute approximate surface area is 161 Å². The van der Waals surface area contributed by atoms with E-state index in [1.165, 1.54) is 12.7 Å². The third kappa shape index (κ3) is 6.38. The van der Waals surface area contributed by atoms with E-state index >= 15 is 0 Å². The molecule has 148 valence electrons. The predicted octanol–water partition coefficient (Wildman–Crippen LogP) is 2.37. The summed E-state index contributed by atoms with van der Waals surface area (Å²) in [6.07, 6.45) is 1.39. The average Bonchev–Trinajstić information content (AvgIpc) is 2.92. The second-order valence-corrected chi connectivity index (χ2v) is 7.26. The van der Waals surface area contributed by atoms with Crippen molar-refractivity contribution in [2.24, 2.45) is 0 Å². The molecule has 1 aromatic carbocycles. The van der Waals surface area contributed by atoms with Crippen LogP contribution in [0.2, 0.25) is 0 Å². The van der Waals surface area contributed by atoms with Crippen molar-refractivity contribution < 1.29 is 19.1 Å². The van der Waals surface area contributed by atoms with E-state index in [0.717, 1.165) is 12.0 Å². The third-order valence-corrected chi connectivity index (χ3v) is 4.97. The molecule has 2 amide bonds. The SMILES string of the molecule is COC(=O)CCC(=O)N1CCCN(C(=O)Cc2ccc(C(C)C)cc2)CC1. The van der Waals surface area contributed by atoms with Gasteiger partial charge in [-0.1, -0.05) is 38.1 Å². The number of benzene rings is 1. The molecule has 0 aromatic heterocycles. The van der Waals surface area contributed by atoms with Crippen LogP contribution in [0.5, 0.6) is 0 Å². The monoisotopic (exact) mass is 374 g/mol. The lowest BCUT2D eigenvalue weighted by Gasteiger charge is -2.22. The van der Waals surface area contributed by atoms with Crippen LogP contribution >= 0.6 is 0 Å². The van der Waals surface area contributed by atoms with Gasteiger partial charge < -0.3 is 14.5 Å². The van der Waals surface area contributed by atoms with Crippen LogP contribution in [0.25, 0.3) is 0 Å². The van der Waals surface area contributed by atoms with Crippen LogP contribution in [0, 0.1) is 0 Å². The minimum absolute atomic E-state index is 0.0565. The fourth-order valence-electron chi connectivity index (χ4n) is 3.19. The van der Waals surface area contributed by atoms with Crippen molar-refractivity contribution in [1.29, 1.82) is 0 Å². The molecule has 0 saturated carbocycles. The molecule has 0 bridgehead atoms. The van der Waals surface area contributed by atoms with Gasteiger partial charge in [0.25, 0.3) is 0 Å². The molecule has 0 N–H and O–H groups in total. The average molecular weight is 374 g/mol. The van der Waals surface area contributed by atoms with Gasteiger partial charge >= 0.3 is 5.97 Å². The Kier molecular flexibility index (Phi) is 7.82. The molecular formula is C21H30N2O4. The molecule has 1 aliphatic heterocycles. The molecule has 0 unspecified atom stereocenters. The zero-order valence-electron chi connectivity index (χ0n) is 16.6. The van der Waals surface area contributed by atoms with Crippen molar-refractivity contribution in [1.82, 2.24) is 9.80 Å². The number of amides is 2. The van der Waals surface area contributed by atoms with Crippen molar-refractivity contribution >= 4 is 17.8 Å². The van der Waals surface area contributed by atoms with Crippen molar-refractivity contribution in [2.75, 3.05) is 33.3 Å². The Morgan fingerprint density at radius 2 is 1.52 bits per heavy atom. The molecule has 6 nitrogen and oxygen atoms in total. The summed E-state index contributed by atoms with van der Waals surface area (Å²) in [5.74, 6) is 0.136. The van der Waals surface area contributed by atoms with Gasteiger partial charge in [-0.15, -0.1) is 0 Å². The first kappa shape index (κ1) is 20.9. The summed E-state index contributed by atoms with van der Waals surface area (Å²) in [5, 5.41) is 0. The largest absolute Gasteiger partial charge is 0.469 e. The van der Waals surface area contributed by atoms with E-state index in [-0.39, 0.29) is 30.6 Å². The lowest BCUT2D eigenvalue weighted by Crippen LogP contribution is -2.38. The summed E-state index contributed by atoms with van der Waals surface area (Å²) in [6.45, 7) is 6.62. The van der Waals surface area contributed by atoms with Gasteiger partial charge in [0.2, 0.25) is 11.8 Å². The number of esters is 1. The summed E-state index contributed by atoms with van der Waals surface area (Å²) < 4.78 is 4.58. The van der Waals surface area contributed by atoms with Gasteiger partial charge in [-0.2, -0.15) is 0 Å². The molecule has 1 fully saturated rings. The summed E-state index contributed by atoms with van der Waals surface area (Å²) in [7, 11) is 1.32. The smallest absolute Gasteiger partial charge is 0.306 e. The summed E-state index contributed by atoms with van der Waals surface area (Å²) in [4.78, 5) is 39.6. The van der Waals surface area contributed by atoms with Crippen LogP contribution in [0.4, 0.5) is 0 Å². The summed E-state index contributed by atoms with van der Waals surface area (Å²) in [6, 6.07) is 8.20. The number of ether oxygens (including phenoxy) is 1. The minimum Gasteiger partial charge on any atom is -0.469 e. The van der Waals surface area contributed by atoms with Gasteiger partial charge in [-0.05, 0) is 23.5 Å². The molecule has 1 aromatic rings. The van der Waals surface area contributed by atoms with Gasteiger partial charge in [0.05, 0.1) is 20.0 Å². The predicted molar refractivity (Wildman–Crippen MR) is 103 cm³/mol. The number of methoxy groups -OCH3 is 1. The highest BCUT2D eigenvalue weighted by Crippen LogP contribution is 2.16. The molecule has 27 heavy (non-hydrogen) atoms. The lowest BCUT2D eigenvalue weighted by molar-refractivity contribution is -0.143. The minimum atomic E-state index is -0.376.